The number of nitrogens with one attached hydrogen (secondary N) is 1. The van der Waals surface area contributed by atoms with Crippen molar-refractivity contribution < 1.29 is 9.53 Å². The van der Waals surface area contributed by atoms with Gasteiger partial charge in [0.25, 0.3) is 0 Å². The number of amides is 1. The average molecular weight is 339 g/mol. The van der Waals surface area contributed by atoms with Crippen molar-refractivity contribution in [3.63, 3.8) is 0 Å². The molecule has 1 amide bonds. The van der Waals surface area contributed by atoms with Gasteiger partial charge < -0.3 is 15.0 Å². The number of hydrogen-bond acceptors (Lipinski definition) is 4. The third-order valence-corrected chi connectivity index (χ3v) is 4.65. The van der Waals surface area contributed by atoms with Crippen LogP contribution in [0.5, 0.6) is 5.75 Å². The summed E-state index contributed by atoms with van der Waals surface area (Å²) in [6.45, 7) is 2.39. The van der Waals surface area contributed by atoms with Gasteiger partial charge in [0.1, 0.15) is 5.75 Å². The standard InChI is InChI=1S/C20H25N3O2/c1-25-18-9-7-16(8-10-18)4-2-6-20(24)23-13-12-22-15-19(23)17-5-3-11-21-14-17/h3,5,7-11,14,19,22H,2,4,6,12-13,15H2,1H3. The predicted molar refractivity (Wildman–Crippen MR) is 97.5 cm³/mol. The van der Waals surface area contributed by atoms with Gasteiger partial charge in [-0.1, -0.05) is 18.2 Å². The molecule has 1 atom stereocenters. The highest BCUT2D eigenvalue weighted by Gasteiger charge is 2.27. The number of rotatable bonds is 6. The molecule has 1 saturated heterocycles. The number of benzene rings is 1. The first-order chi connectivity index (χ1) is 12.3. The number of carbonyl (C=O) groups is 1. The summed E-state index contributed by atoms with van der Waals surface area (Å²) in [6.07, 6.45) is 5.95. The van der Waals surface area contributed by atoms with Crippen LogP contribution in [0.1, 0.15) is 30.0 Å². The first kappa shape index (κ1) is 17.4. The van der Waals surface area contributed by atoms with Crippen LogP contribution in [-0.4, -0.2) is 42.5 Å². The molecule has 132 valence electrons. The maximum atomic E-state index is 12.7. The van der Waals surface area contributed by atoms with E-state index in [0.717, 1.165) is 43.8 Å². The molecule has 2 aromatic rings. The van der Waals surface area contributed by atoms with Gasteiger partial charge in [-0.3, -0.25) is 9.78 Å². The molecule has 1 aromatic carbocycles. The van der Waals surface area contributed by atoms with E-state index in [1.165, 1.54) is 5.56 Å². The molecule has 1 aromatic heterocycles. The molecular weight excluding hydrogens is 314 g/mol. The summed E-state index contributed by atoms with van der Waals surface area (Å²) in [5, 5.41) is 3.38. The highest BCUT2D eigenvalue weighted by molar-refractivity contribution is 5.77. The predicted octanol–water partition coefficient (Wildman–Crippen LogP) is 2.59. The highest BCUT2D eigenvalue weighted by atomic mass is 16.5. The van der Waals surface area contributed by atoms with E-state index in [1.54, 1.807) is 13.3 Å². The Morgan fingerprint density at radius 2 is 2.16 bits per heavy atom. The number of piperazine rings is 1. The summed E-state index contributed by atoms with van der Waals surface area (Å²) in [5.74, 6) is 1.09. The zero-order chi connectivity index (χ0) is 17.5. The van der Waals surface area contributed by atoms with Gasteiger partial charge in [0, 0.05) is 38.4 Å². The van der Waals surface area contributed by atoms with E-state index in [9.17, 15) is 4.79 Å². The molecule has 0 aliphatic carbocycles. The van der Waals surface area contributed by atoms with Crippen molar-refractivity contribution in [1.29, 1.82) is 0 Å². The number of aryl methyl sites for hydroxylation is 1. The first-order valence-electron chi connectivity index (χ1n) is 8.81. The minimum absolute atomic E-state index is 0.0796. The Balaban J connectivity index is 1.55. The van der Waals surface area contributed by atoms with E-state index in [2.05, 4.69) is 22.4 Å². The Hall–Kier alpha value is -2.40. The fraction of sp³-hybridized carbons (Fsp3) is 0.400. The molecule has 25 heavy (non-hydrogen) atoms. The summed E-state index contributed by atoms with van der Waals surface area (Å²) < 4.78 is 5.17. The van der Waals surface area contributed by atoms with Crippen LogP contribution in [-0.2, 0) is 11.2 Å². The molecule has 1 aliphatic heterocycles. The summed E-state index contributed by atoms with van der Waals surface area (Å²) in [6, 6.07) is 12.1. The van der Waals surface area contributed by atoms with Gasteiger partial charge in [-0.05, 0) is 42.2 Å². The molecule has 5 nitrogen and oxygen atoms in total. The minimum atomic E-state index is 0.0796. The Morgan fingerprint density at radius 1 is 1.32 bits per heavy atom. The SMILES string of the molecule is COc1ccc(CCCC(=O)N2CCNCC2c2cccnc2)cc1. The molecule has 1 N–H and O–H groups in total. The van der Waals surface area contributed by atoms with Crippen molar-refractivity contribution in [2.24, 2.45) is 0 Å². The number of methoxy groups -OCH3 is 1. The van der Waals surface area contributed by atoms with Crippen LogP contribution in [0.25, 0.3) is 0 Å². The highest BCUT2D eigenvalue weighted by Crippen LogP contribution is 2.23. The Labute approximate surface area is 149 Å². The molecule has 0 bridgehead atoms. The maximum absolute atomic E-state index is 12.7. The van der Waals surface area contributed by atoms with Gasteiger partial charge in [0.05, 0.1) is 13.2 Å². The average Bonchev–Trinajstić information content (AvgIpc) is 2.69. The molecule has 0 spiro atoms. The first-order valence-corrected chi connectivity index (χ1v) is 8.81. The van der Waals surface area contributed by atoms with Crippen LogP contribution >= 0.6 is 0 Å². The largest absolute Gasteiger partial charge is 0.497 e. The van der Waals surface area contributed by atoms with Crippen LogP contribution in [0.2, 0.25) is 0 Å². The van der Waals surface area contributed by atoms with Crippen molar-refractivity contribution in [3.8, 4) is 5.75 Å². The van der Waals surface area contributed by atoms with Crippen LogP contribution in [0, 0.1) is 0 Å². The number of pyridine rings is 1. The number of nitrogens with zero attached hydrogens (tertiary/aromatic N) is 2. The van der Waals surface area contributed by atoms with E-state index in [1.807, 2.05) is 35.4 Å². The lowest BCUT2D eigenvalue weighted by Crippen LogP contribution is -2.48. The van der Waals surface area contributed by atoms with Crippen molar-refractivity contribution in [1.82, 2.24) is 15.2 Å². The quantitative estimate of drug-likeness (QED) is 0.879. The van der Waals surface area contributed by atoms with E-state index in [0.29, 0.717) is 6.42 Å². The van der Waals surface area contributed by atoms with E-state index in [4.69, 9.17) is 4.74 Å². The third-order valence-electron chi connectivity index (χ3n) is 4.65. The van der Waals surface area contributed by atoms with Gasteiger partial charge in [0.2, 0.25) is 5.91 Å². The molecular formula is C20H25N3O2. The summed E-state index contributed by atoms with van der Waals surface area (Å²) >= 11 is 0. The molecule has 1 fully saturated rings. The fourth-order valence-electron chi connectivity index (χ4n) is 3.25. The van der Waals surface area contributed by atoms with E-state index < -0.39 is 0 Å². The second-order valence-corrected chi connectivity index (χ2v) is 6.30. The lowest BCUT2D eigenvalue weighted by atomic mass is 10.0. The third kappa shape index (κ3) is 4.57. The molecule has 2 heterocycles. The molecule has 5 heteroatoms. The van der Waals surface area contributed by atoms with E-state index >= 15 is 0 Å². The van der Waals surface area contributed by atoms with Gasteiger partial charge in [-0.25, -0.2) is 0 Å². The fourth-order valence-corrected chi connectivity index (χ4v) is 3.25. The summed E-state index contributed by atoms with van der Waals surface area (Å²) in [5.41, 5.74) is 2.33. The van der Waals surface area contributed by atoms with Gasteiger partial charge in [0.15, 0.2) is 0 Å². The molecule has 1 aliphatic rings. The van der Waals surface area contributed by atoms with Crippen molar-refractivity contribution in [2.45, 2.75) is 25.3 Å². The van der Waals surface area contributed by atoms with Crippen molar-refractivity contribution >= 4 is 5.91 Å². The summed E-state index contributed by atoms with van der Waals surface area (Å²) in [4.78, 5) is 18.9. The van der Waals surface area contributed by atoms with E-state index in [-0.39, 0.29) is 11.9 Å². The zero-order valence-corrected chi connectivity index (χ0v) is 14.6. The van der Waals surface area contributed by atoms with Crippen LogP contribution < -0.4 is 10.1 Å². The number of hydrogen-bond donors (Lipinski definition) is 1. The van der Waals surface area contributed by atoms with Gasteiger partial charge in [-0.15, -0.1) is 0 Å². The van der Waals surface area contributed by atoms with Gasteiger partial charge >= 0.3 is 0 Å². The monoisotopic (exact) mass is 339 g/mol. The summed E-state index contributed by atoms with van der Waals surface area (Å²) in [7, 11) is 1.67. The smallest absolute Gasteiger partial charge is 0.223 e. The normalized spacial score (nSPS) is 17.3. The zero-order valence-electron chi connectivity index (χ0n) is 14.6. The molecule has 0 saturated carbocycles. The second-order valence-electron chi connectivity index (χ2n) is 6.30. The van der Waals surface area contributed by atoms with Crippen molar-refractivity contribution in [2.75, 3.05) is 26.7 Å². The lowest BCUT2D eigenvalue weighted by molar-refractivity contribution is -0.134. The molecule has 1 unspecified atom stereocenters. The minimum Gasteiger partial charge on any atom is -0.497 e. The Bertz CT molecular complexity index is 673. The Morgan fingerprint density at radius 3 is 2.88 bits per heavy atom. The number of aromatic nitrogens is 1. The number of carbonyl (C=O) groups excluding carboxylic acids is 1. The van der Waals surface area contributed by atoms with Crippen LogP contribution in [0.4, 0.5) is 0 Å². The topological polar surface area (TPSA) is 54.5 Å². The lowest BCUT2D eigenvalue weighted by Gasteiger charge is -2.36. The van der Waals surface area contributed by atoms with Crippen LogP contribution in [0.3, 0.4) is 0 Å². The number of ether oxygens (including phenoxy) is 1. The maximum Gasteiger partial charge on any atom is 0.223 e. The van der Waals surface area contributed by atoms with Crippen LogP contribution in [0.15, 0.2) is 48.8 Å². The molecule has 0 radical (unpaired) electrons. The second kappa shape index (κ2) is 8.62. The van der Waals surface area contributed by atoms with Crippen molar-refractivity contribution in [3.05, 3.63) is 59.9 Å². The van der Waals surface area contributed by atoms with Gasteiger partial charge in [-0.2, -0.15) is 0 Å². The molecule has 3 rings (SSSR count). The Kier molecular flexibility index (Phi) is 6.01.